The monoisotopic (exact) mass is 392 g/mol. The van der Waals surface area contributed by atoms with E-state index in [2.05, 4.69) is 36.3 Å². The van der Waals surface area contributed by atoms with Crippen LogP contribution in [0, 0.1) is 6.92 Å². The molecule has 3 aromatic rings. The van der Waals surface area contributed by atoms with Crippen molar-refractivity contribution in [1.82, 2.24) is 4.90 Å². The number of nitrogens with zero attached hydrogens (tertiary/aromatic N) is 2. The predicted molar refractivity (Wildman–Crippen MR) is 115 cm³/mol. The average Bonchev–Trinajstić information content (AvgIpc) is 3.15. The Morgan fingerprint density at radius 3 is 2.46 bits per heavy atom. The highest BCUT2D eigenvalue weighted by atomic mass is 32.1. The van der Waals surface area contributed by atoms with Gasteiger partial charge in [-0.2, -0.15) is 0 Å². The molecule has 144 valence electrons. The zero-order valence-electron chi connectivity index (χ0n) is 16.2. The number of oxime groups is 1. The Labute approximate surface area is 170 Å². The molecule has 0 unspecified atom stereocenters. The zero-order chi connectivity index (χ0) is 19.8. The van der Waals surface area contributed by atoms with Crippen LogP contribution in [0.4, 0.5) is 0 Å². The fourth-order valence-electron chi connectivity index (χ4n) is 2.93. The lowest BCUT2D eigenvalue weighted by Gasteiger charge is -2.22. The Kier molecular flexibility index (Phi) is 6.98. The van der Waals surface area contributed by atoms with Crippen molar-refractivity contribution in [3.8, 4) is 0 Å². The van der Waals surface area contributed by atoms with Crippen LogP contribution in [0.5, 0.6) is 0 Å². The van der Waals surface area contributed by atoms with Gasteiger partial charge < -0.3 is 9.74 Å². The van der Waals surface area contributed by atoms with Gasteiger partial charge in [0.2, 0.25) is 0 Å². The van der Waals surface area contributed by atoms with Gasteiger partial charge >= 0.3 is 0 Å². The number of aryl methyl sites for hydroxylation is 1. The van der Waals surface area contributed by atoms with E-state index < -0.39 is 0 Å². The molecule has 0 bridgehead atoms. The van der Waals surface area contributed by atoms with Crippen molar-refractivity contribution in [1.29, 1.82) is 0 Å². The molecule has 28 heavy (non-hydrogen) atoms. The Hall–Kier alpha value is -2.92. The quantitative estimate of drug-likeness (QED) is 0.403. The molecule has 0 saturated heterocycles. The van der Waals surface area contributed by atoms with Gasteiger partial charge in [0.1, 0.15) is 7.11 Å². The van der Waals surface area contributed by atoms with Crippen molar-refractivity contribution in [2.24, 2.45) is 5.16 Å². The van der Waals surface area contributed by atoms with Gasteiger partial charge in [0, 0.05) is 21.9 Å². The summed E-state index contributed by atoms with van der Waals surface area (Å²) < 4.78 is 0. The van der Waals surface area contributed by atoms with Crippen LogP contribution in [-0.4, -0.2) is 30.7 Å². The van der Waals surface area contributed by atoms with Crippen LogP contribution in [-0.2, 0) is 17.8 Å². The van der Waals surface area contributed by atoms with Gasteiger partial charge in [-0.05, 0) is 48.7 Å². The summed E-state index contributed by atoms with van der Waals surface area (Å²) >= 11 is 1.74. The maximum absolute atomic E-state index is 13.2. The van der Waals surface area contributed by atoms with Crippen molar-refractivity contribution >= 4 is 23.5 Å². The molecule has 0 saturated carbocycles. The molecule has 4 nitrogen and oxygen atoms in total. The first-order valence-electron chi connectivity index (χ1n) is 9.21. The molecule has 0 aliphatic rings. The van der Waals surface area contributed by atoms with E-state index in [0.29, 0.717) is 18.7 Å². The first-order chi connectivity index (χ1) is 13.7. The Morgan fingerprint density at radius 2 is 1.82 bits per heavy atom. The summed E-state index contributed by atoms with van der Waals surface area (Å²) in [6.45, 7) is 3.38. The lowest BCUT2D eigenvalue weighted by atomic mass is 10.1. The van der Waals surface area contributed by atoms with Crippen LogP contribution in [0.2, 0.25) is 0 Å². The predicted octanol–water partition coefficient (Wildman–Crippen LogP) is 4.92. The van der Waals surface area contributed by atoms with Crippen molar-refractivity contribution < 1.29 is 9.63 Å². The second-order valence-corrected chi connectivity index (χ2v) is 7.89. The molecular formula is C23H24N2O2S. The van der Waals surface area contributed by atoms with E-state index in [1.54, 1.807) is 17.6 Å². The zero-order valence-corrected chi connectivity index (χ0v) is 17.0. The van der Waals surface area contributed by atoms with Crippen LogP contribution >= 0.6 is 11.3 Å². The molecule has 1 aromatic heterocycles. The van der Waals surface area contributed by atoms with Gasteiger partial charge in [-0.3, -0.25) is 4.79 Å². The largest absolute Gasteiger partial charge is 0.399 e. The van der Waals surface area contributed by atoms with Gasteiger partial charge in [0.25, 0.3) is 5.91 Å². The van der Waals surface area contributed by atoms with Gasteiger partial charge in [0.05, 0.1) is 12.8 Å². The normalized spacial score (nSPS) is 10.9. The van der Waals surface area contributed by atoms with E-state index >= 15 is 0 Å². The number of hydrogen-bond acceptors (Lipinski definition) is 4. The summed E-state index contributed by atoms with van der Waals surface area (Å²) in [5, 5.41) is 3.75. The van der Waals surface area contributed by atoms with Crippen LogP contribution in [0.3, 0.4) is 0 Å². The standard InChI is InChI=1S/C23H24N2O2S/c1-18-8-13-22(28-18)17-25(15-14-19-6-4-3-5-7-19)23(26)21-11-9-20(10-12-21)16-24-27-2/h3-13,16H,14-15,17H2,1-2H3/b24-16+. The van der Waals surface area contributed by atoms with Crippen LogP contribution < -0.4 is 0 Å². The van der Waals surface area contributed by atoms with Crippen molar-refractivity contribution in [3.63, 3.8) is 0 Å². The van der Waals surface area contributed by atoms with Crippen LogP contribution in [0.15, 0.2) is 71.9 Å². The summed E-state index contributed by atoms with van der Waals surface area (Å²) in [4.78, 5) is 22.3. The van der Waals surface area contributed by atoms with E-state index in [1.165, 1.54) is 22.4 Å². The van der Waals surface area contributed by atoms with E-state index in [-0.39, 0.29) is 5.91 Å². The Bertz CT molecular complexity index is 917. The summed E-state index contributed by atoms with van der Waals surface area (Å²) in [7, 11) is 1.51. The summed E-state index contributed by atoms with van der Waals surface area (Å²) in [5.41, 5.74) is 2.80. The number of rotatable bonds is 8. The smallest absolute Gasteiger partial charge is 0.254 e. The molecular weight excluding hydrogens is 368 g/mol. The minimum absolute atomic E-state index is 0.0391. The highest BCUT2D eigenvalue weighted by Gasteiger charge is 2.17. The molecule has 0 N–H and O–H groups in total. The Morgan fingerprint density at radius 1 is 1.07 bits per heavy atom. The number of amides is 1. The molecule has 0 aliphatic carbocycles. The number of hydrogen-bond donors (Lipinski definition) is 0. The molecule has 0 aliphatic heterocycles. The maximum Gasteiger partial charge on any atom is 0.254 e. The van der Waals surface area contributed by atoms with Crippen LogP contribution in [0.25, 0.3) is 0 Å². The SMILES string of the molecule is CO/N=C/c1ccc(C(=O)N(CCc2ccccc2)Cc2ccc(C)s2)cc1. The van der Waals surface area contributed by atoms with Crippen LogP contribution in [0.1, 0.15) is 31.2 Å². The third kappa shape index (κ3) is 5.54. The first-order valence-corrected chi connectivity index (χ1v) is 10.0. The fraction of sp³-hybridized carbons (Fsp3) is 0.217. The molecule has 0 spiro atoms. The number of carbonyl (C=O) groups is 1. The van der Waals surface area contributed by atoms with Crippen molar-refractivity contribution in [3.05, 3.63) is 93.2 Å². The third-order valence-electron chi connectivity index (χ3n) is 4.41. The Balaban J connectivity index is 1.76. The minimum atomic E-state index is 0.0391. The molecule has 3 rings (SSSR count). The fourth-order valence-corrected chi connectivity index (χ4v) is 3.83. The molecule has 0 atom stereocenters. The van der Waals surface area contributed by atoms with Gasteiger partial charge in [-0.1, -0.05) is 47.6 Å². The van der Waals surface area contributed by atoms with Gasteiger partial charge in [0.15, 0.2) is 0 Å². The van der Waals surface area contributed by atoms with E-state index in [0.717, 1.165) is 12.0 Å². The topological polar surface area (TPSA) is 41.9 Å². The van der Waals surface area contributed by atoms with Crippen molar-refractivity contribution in [2.75, 3.05) is 13.7 Å². The lowest BCUT2D eigenvalue weighted by molar-refractivity contribution is 0.0747. The van der Waals surface area contributed by atoms with E-state index in [9.17, 15) is 4.79 Å². The minimum Gasteiger partial charge on any atom is -0.399 e. The highest BCUT2D eigenvalue weighted by molar-refractivity contribution is 7.11. The van der Waals surface area contributed by atoms with E-state index in [1.807, 2.05) is 47.4 Å². The first kappa shape index (κ1) is 19.8. The summed E-state index contributed by atoms with van der Waals surface area (Å²) in [6.07, 6.45) is 2.45. The van der Waals surface area contributed by atoms with Gasteiger partial charge in [-0.15, -0.1) is 11.3 Å². The molecule has 1 heterocycles. The highest BCUT2D eigenvalue weighted by Crippen LogP contribution is 2.19. The second kappa shape index (κ2) is 9.85. The molecule has 2 aromatic carbocycles. The average molecular weight is 393 g/mol. The summed E-state index contributed by atoms with van der Waals surface area (Å²) in [6, 6.07) is 21.9. The third-order valence-corrected chi connectivity index (χ3v) is 5.39. The van der Waals surface area contributed by atoms with E-state index in [4.69, 9.17) is 4.84 Å². The molecule has 0 fully saturated rings. The second-order valence-electron chi connectivity index (χ2n) is 6.51. The number of thiophene rings is 1. The molecule has 5 heteroatoms. The maximum atomic E-state index is 13.2. The summed E-state index contributed by atoms with van der Waals surface area (Å²) in [5.74, 6) is 0.0391. The molecule has 0 radical (unpaired) electrons. The number of benzene rings is 2. The lowest BCUT2D eigenvalue weighted by Crippen LogP contribution is -2.32. The molecule has 1 amide bonds. The van der Waals surface area contributed by atoms with Gasteiger partial charge in [-0.25, -0.2) is 0 Å². The number of carbonyl (C=O) groups excluding carboxylic acids is 1. The van der Waals surface area contributed by atoms with Crippen molar-refractivity contribution in [2.45, 2.75) is 19.9 Å².